The third-order valence-electron chi connectivity index (χ3n) is 10.1. The van der Waals surface area contributed by atoms with Crippen LogP contribution in [-0.2, 0) is 25.7 Å². The summed E-state index contributed by atoms with van der Waals surface area (Å²) in [5.41, 5.74) is 0.510. The fourth-order valence-corrected chi connectivity index (χ4v) is 11.0. The standard InChI is InChI=1S/C35H47ClN4O5S2/c36-27-13-9-12-25(18-27)23-45-34(44)40-46-29(19-24-10-3-1-4-11-24)33(43)38-28(31(41)30(22-37)47-16-7-8-17-47)20-26-21-35(39-32(26)42)14-5-2-6-15-35/h9,12-13,18,24,26,28-29H,1-8,10-11,14-17,19-21,23H2,(H,38,43)(H,39,42)(H,40,44)/t26?,28-,29-/m0/s1. The Morgan fingerprint density at radius 2 is 1.79 bits per heavy atom. The van der Waals surface area contributed by atoms with Crippen LogP contribution in [0.25, 0.3) is 0 Å². The minimum absolute atomic E-state index is 0.0304. The maximum Gasteiger partial charge on any atom is 0.417 e. The molecule has 2 saturated heterocycles. The molecule has 256 valence electrons. The topological polar surface area (TPSA) is 137 Å². The van der Waals surface area contributed by atoms with Gasteiger partial charge in [0, 0.05) is 16.5 Å². The van der Waals surface area contributed by atoms with Crippen LogP contribution < -0.4 is 15.4 Å². The number of hydrogen-bond donors (Lipinski definition) is 3. The summed E-state index contributed by atoms with van der Waals surface area (Å²) >= 11 is 7.05. The fourth-order valence-electron chi connectivity index (χ4n) is 7.65. The van der Waals surface area contributed by atoms with E-state index in [-0.39, 0.29) is 41.0 Å². The van der Waals surface area contributed by atoms with Crippen LogP contribution in [0.4, 0.5) is 4.79 Å². The number of ether oxygens (including phenoxy) is 1. The molecule has 1 aromatic carbocycles. The van der Waals surface area contributed by atoms with E-state index in [0.717, 1.165) is 99.6 Å². The number of nitriles is 1. The Hall–Kier alpha value is -2.55. The largest absolute Gasteiger partial charge is 0.444 e. The predicted molar refractivity (Wildman–Crippen MR) is 188 cm³/mol. The lowest BCUT2D eigenvalue weighted by Crippen LogP contribution is -2.49. The second-order valence-electron chi connectivity index (χ2n) is 13.6. The summed E-state index contributed by atoms with van der Waals surface area (Å²) in [4.78, 5) is 54.3. The Morgan fingerprint density at radius 3 is 2.49 bits per heavy atom. The van der Waals surface area contributed by atoms with Crippen molar-refractivity contribution in [3.8, 4) is 6.07 Å². The van der Waals surface area contributed by atoms with Gasteiger partial charge < -0.3 is 15.4 Å². The highest BCUT2D eigenvalue weighted by atomic mass is 35.5. The van der Waals surface area contributed by atoms with Gasteiger partial charge in [-0.15, -0.1) is 0 Å². The number of carbonyl (C=O) groups is 4. The van der Waals surface area contributed by atoms with Gasteiger partial charge in [0.25, 0.3) is 0 Å². The summed E-state index contributed by atoms with van der Waals surface area (Å²) in [5, 5.41) is 16.2. The first-order chi connectivity index (χ1) is 22.7. The van der Waals surface area contributed by atoms with Crippen molar-refractivity contribution in [2.24, 2.45) is 11.8 Å². The van der Waals surface area contributed by atoms with Crippen molar-refractivity contribution in [1.29, 1.82) is 5.26 Å². The van der Waals surface area contributed by atoms with Crippen molar-refractivity contribution >= 4 is 62.6 Å². The molecule has 5 rings (SSSR count). The third-order valence-corrected chi connectivity index (χ3v) is 13.8. The zero-order valence-electron chi connectivity index (χ0n) is 27.0. The summed E-state index contributed by atoms with van der Waals surface area (Å²) in [7, 11) is -0.432. The Morgan fingerprint density at radius 1 is 1.06 bits per heavy atom. The van der Waals surface area contributed by atoms with Crippen LogP contribution in [0.1, 0.15) is 102 Å². The molecule has 1 unspecified atom stereocenters. The Kier molecular flexibility index (Phi) is 13.1. The van der Waals surface area contributed by atoms with Gasteiger partial charge in [0.2, 0.25) is 17.6 Å². The average molecular weight is 703 g/mol. The van der Waals surface area contributed by atoms with Gasteiger partial charge in [-0.1, -0.05) is 75.1 Å². The number of amides is 3. The number of halogens is 1. The van der Waals surface area contributed by atoms with Gasteiger partial charge in [-0.05, 0) is 92.0 Å². The molecule has 9 nitrogen and oxygen atoms in total. The Balaban J connectivity index is 1.30. The third kappa shape index (κ3) is 9.99. The summed E-state index contributed by atoms with van der Waals surface area (Å²) in [5.74, 6) is 0.716. The number of benzene rings is 1. The molecule has 4 aliphatic rings. The Bertz CT molecular complexity index is 1380. The van der Waals surface area contributed by atoms with E-state index in [4.69, 9.17) is 16.3 Å². The first kappa shape index (κ1) is 35.7. The maximum atomic E-state index is 14.1. The number of carbonyl (C=O) groups excluding carboxylic acids is 4. The number of rotatable bonds is 12. The molecule has 4 fully saturated rings. The highest BCUT2D eigenvalue weighted by Crippen LogP contribution is 2.40. The summed E-state index contributed by atoms with van der Waals surface area (Å²) in [6.07, 6.45) is 13.1. The molecule has 3 amide bonds. The highest BCUT2D eigenvalue weighted by molar-refractivity contribution is 8.17. The van der Waals surface area contributed by atoms with E-state index in [1.54, 1.807) is 18.2 Å². The van der Waals surface area contributed by atoms with Crippen LogP contribution in [0, 0.1) is 23.2 Å². The molecule has 1 aromatic rings. The number of ketones is 1. The van der Waals surface area contributed by atoms with Crippen molar-refractivity contribution in [1.82, 2.24) is 15.4 Å². The molecule has 2 saturated carbocycles. The molecule has 47 heavy (non-hydrogen) atoms. The second kappa shape index (κ2) is 17.2. The van der Waals surface area contributed by atoms with Crippen LogP contribution in [0.15, 0.2) is 24.3 Å². The average Bonchev–Trinajstić information content (AvgIpc) is 3.70. The lowest BCUT2D eigenvalue weighted by molar-refractivity contribution is -0.127. The minimum Gasteiger partial charge on any atom is -0.444 e. The van der Waals surface area contributed by atoms with Crippen molar-refractivity contribution in [2.45, 2.75) is 120 Å². The van der Waals surface area contributed by atoms with Gasteiger partial charge >= 0.3 is 6.09 Å². The van der Waals surface area contributed by atoms with Crippen molar-refractivity contribution in [3.63, 3.8) is 0 Å². The summed E-state index contributed by atoms with van der Waals surface area (Å²) < 4.78 is 8.08. The van der Waals surface area contributed by atoms with Gasteiger partial charge in [0.05, 0.1) is 6.04 Å². The van der Waals surface area contributed by atoms with Crippen LogP contribution in [0.5, 0.6) is 0 Å². The van der Waals surface area contributed by atoms with E-state index < -0.39 is 33.8 Å². The molecule has 3 N–H and O–H groups in total. The van der Waals surface area contributed by atoms with E-state index in [2.05, 4.69) is 21.4 Å². The molecule has 2 heterocycles. The molecule has 0 radical (unpaired) electrons. The second-order valence-corrected chi connectivity index (χ2v) is 17.3. The molecular weight excluding hydrogens is 656 g/mol. The maximum absolute atomic E-state index is 14.1. The van der Waals surface area contributed by atoms with Crippen LogP contribution >= 0.6 is 34.0 Å². The fraction of sp³-hybridized carbons (Fsp3) is 0.657. The predicted octanol–water partition coefficient (Wildman–Crippen LogP) is 6.60. The van der Waals surface area contributed by atoms with E-state index in [1.807, 2.05) is 6.07 Å². The van der Waals surface area contributed by atoms with Gasteiger partial charge in [0.1, 0.15) is 22.8 Å². The monoisotopic (exact) mass is 702 g/mol. The minimum atomic E-state index is -0.982. The quantitative estimate of drug-likeness (QED) is 0.165. The number of nitrogens with zero attached hydrogens (tertiary/aromatic N) is 1. The van der Waals surface area contributed by atoms with E-state index >= 15 is 0 Å². The molecule has 0 bridgehead atoms. The number of Topliss-reactive ketones (excluding diaryl/α,β-unsaturated/α-hetero) is 1. The highest BCUT2D eigenvalue weighted by Gasteiger charge is 2.46. The van der Waals surface area contributed by atoms with Crippen molar-refractivity contribution in [3.05, 3.63) is 34.9 Å². The molecule has 12 heteroatoms. The molecule has 2 aliphatic heterocycles. The van der Waals surface area contributed by atoms with E-state index in [0.29, 0.717) is 23.8 Å². The molecular formula is C35H47ClN4O5S2. The zero-order valence-corrected chi connectivity index (χ0v) is 29.4. The zero-order chi connectivity index (χ0) is 33.2. The van der Waals surface area contributed by atoms with Crippen molar-refractivity contribution < 1.29 is 23.9 Å². The molecule has 3 atom stereocenters. The summed E-state index contributed by atoms with van der Waals surface area (Å²) in [6, 6.07) is 8.26. The van der Waals surface area contributed by atoms with Gasteiger partial charge in [-0.3, -0.25) is 19.1 Å². The van der Waals surface area contributed by atoms with E-state index in [9.17, 15) is 24.4 Å². The SMILES string of the molecule is N#CC(C(=O)[C@H](CC1CC2(CCCCC2)NC1=O)NC(=O)[C@H](CC1CCCCC1)SNC(=O)OCc1cccc(Cl)c1)=S1CCCC1. The van der Waals surface area contributed by atoms with Crippen LogP contribution in [0.2, 0.25) is 5.02 Å². The van der Waals surface area contributed by atoms with Gasteiger partial charge in [-0.2, -0.15) is 15.7 Å². The lowest BCUT2D eigenvalue weighted by Gasteiger charge is -2.33. The first-order valence-electron chi connectivity index (χ1n) is 17.2. The smallest absolute Gasteiger partial charge is 0.417 e. The van der Waals surface area contributed by atoms with Crippen LogP contribution in [-0.4, -0.2) is 56.9 Å². The molecule has 0 aromatic heterocycles. The van der Waals surface area contributed by atoms with E-state index in [1.165, 1.54) is 6.42 Å². The van der Waals surface area contributed by atoms with Gasteiger partial charge in [0.15, 0.2) is 0 Å². The lowest BCUT2D eigenvalue weighted by atomic mass is 9.78. The van der Waals surface area contributed by atoms with Crippen LogP contribution in [0.3, 0.4) is 0 Å². The summed E-state index contributed by atoms with van der Waals surface area (Å²) in [6.45, 7) is 0.0304. The number of hydrogen-bond acceptors (Lipinski definition) is 7. The Labute approximate surface area is 290 Å². The normalized spacial score (nSPS) is 22.6. The molecule has 2 aliphatic carbocycles. The first-order valence-corrected chi connectivity index (χ1v) is 20.0. The van der Waals surface area contributed by atoms with Crippen molar-refractivity contribution in [2.75, 3.05) is 11.5 Å². The number of nitrogens with one attached hydrogen (secondary N) is 3. The molecule has 1 spiro atoms. The van der Waals surface area contributed by atoms with Gasteiger partial charge in [-0.25, -0.2) is 4.79 Å².